The van der Waals surface area contributed by atoms with E-state index in [2.05, 4.69) is 8.94 Å². The van der Waals surface area contributed by atoms with Gasteiger partial charge in [0.15, 0.2) is 0 Å². The zero-order valence-electron chi connectivity index (χ0n) is 5.36. The topological polar surface area (TPSA) is 0 Å². The quantitative estimate of drug-likeness (QED) is 0.474. The molecule has 0 aliphatic heterocycles. The van der Waals surface area contributed by atoms with Crippen molar-refractivity contribution in [3.05, 3.63) is 0 Å². The summed E-state index contributed by atoms with van der Waals surface area (Å²) in [5.74, 6) is 1.03. The van der Waals surface area contributed by atoms with Crippen LogP contribution in [0.5, 0.6) is 0 Å². The Hall–Kier alpha value is 0.600. The van der Waals surface area contributed by atoms with E-state index >= 15 is 0 Å². The lowest BCUT2D eigenvalue weighted by Crippen LogP contribution is -1.89. The molecule has 0 unspecified atom stereocenters. The van der Waals surface area contributed by atoms with Crippen LogP contribution in [-0.2, 0) is 0 Å². The molecule has 0 N–H and O–H groups in total. The molecule has 0 spiro atoms. The molecule has 1 aliphatic carbocycles. The van der Waals surface area contributed by atoms with Crippen LogP contribution in [0.2, 0.25) is 0 Å². The first-order valence-corrected chi connectivity index (χ1v) is 6.65. The monoisotopic (exact) mass is 224 g/mol. The third kappa shape index (κ3) is 1.84. The molecule has 1 heteroatoms. The van der Waals surface area contributed by atoms with Crippen molar-refractivity contribution in [2.45, 2.75) is 25.7 Å². The van der Waals surface area contributed by atoms with Crippen LogP contribution in [0.25, 0.3) is 0 Å². The van der Waals surface area contributed by atoms with Crippen LogP contribution in [0.15, 0.2) is 0 Å². The summed E-state index contributed by atoms with van der Waals surface area (Å²) in [5.41, 5.74) is 0. The minimum absolute atomic E-state index is 0.469. The van der Waals surface area contributed by atoms with Crippen molar-refractivity contribution in [3.63, 3.8) is 0 Å². The molecule has 0 heterocycles. The Kier molecular flexibility index (Phi) is 3.02. The molecule has 1 aliphatic rings. The zero-order valence-corrected chi connectivity index (χ0v) is 7.52. The maximum absolute atomic E-state index is 2.58. The van der Waals surface area contributed by atoms with E-state index in [1.54, 1.807) is 0 Å². The van der Waals surface area contributed by atoms with Crippen LogP contribution >= 0.6 is 20.7 Å². The van der Waals surface area contributed by atoms with Gasteiger partial charge < -0.3 is 0 Å². The van der Waals surface area contributed by atoms with Crippen LogP contribution < -0.4 is 0 Å². The first kappa shape index (κ1) is 6.72. The molecule has 0 aromatic heterocycles. The van der Waals surface area contributed by atoms with E-state index in [1.807, 2.05) is 0 Å². The van der Waals surface area contributed by atoms with Gasteiger partial charge in [-0.25, -0.2) is 0 Å². The van der Waals surface area contributed by atoms with Gasteiger partial charge in [0.2, 0.25) is 0 Å². The van der Waals surface area contributed by atoms with E-state index in [9.17, 15) is 0 Å². The third-order valence-corrected chi connectivity index (χ3v) is 3.44. The molecular formula is C7H13I. The molecule has 0 aromatic carbocycles. The standard InChI is InChI=1S/C7H13I/c1-8-6-7-4-2-3-5-7/h6-7H,2-5H2,1H3. The van der Waals surface area contributed by atoms with Crippen molar-refractivity contribution in [1.29, 1.82) is 0 Å². The van der Waals surface area contributed by atoms with Gasteiger partial charge in [0, 0.05) is 0 Å². The Morgan fingerprint density at radius 3 is 2.50 bits per heavy atom. The first-order chi connectivity index (χ1) is 3.93. The van der Waals surface area contributed by atoms with Crippen molar-refractivity contribution in [2.24, 2.45) is 5.92 Å². The summed E-state index contributed by atoms with van der Waals surface area (Å²) in [6.07, 6.45) is 5.97. The molecule has 0 radical (unpaired) electrons. The number of alkyl halides is 1. The summed E-state index contributed by atoms with van der Waals surface area (Å²) in [7, 11) is 0. The van der Waals surface area contributed by atoms with E-state index in [-0.39, 0.29) is 0 Å². The van der Waals surface area contributed by atoms with Crippen LogP contribution in [0, 0.1) is 5.92 Å². The summed E-state index contributed by atoms with van der Waals surface area (Å²) < 4.78 is 2.58. The SMILES string of the molecule is CI=CC1CCCC1. The predicted octanol–water partition coefficient (Wildman–Crippen LogP) is 2.58. The van der Waals surface area contributed by atoms with Gasteiger partial charge in [0.1, 0.15) is 0 Å². The second-order valence-corrected chi connectivity index (χ2v) is 4.35. The fraction of sp³-hybridized carbons (Fsp3) is 0.857. The lowest BCUT2D eigenvalue weighted by atomic mass is 10.2. The Bertz CT molecular complexity index is 80.4. The minimum atomic E-state index is 0.469. The van der Waals surface area contributed by atoms with Crippen LogP contribution in [0.4, 0.5) is 0 Å². The summed E-state index contributed by atoms with van der Waals surface area (Å²) in [5, 5.41) is 0. The predicted molar refractivity (Wildman–Crippen MR) is 48.0 cm³/mol. The second kappa shape index (κ2) is 3.59. The highest BCUT2D eigenvalue weighted by Crippen LogP contribution is 2.23. The molecule has 1 fully saturated rings. The highest BCUT2D eigenvalue weighted by atomic mass is 127. The average molecular weight is 224 g/mol. The molecule has 0 atom stereocenters. The van der Waals surface area contributed by atoms with E-state index < -0.39 is 0 Å². The van der Waals surface area contributed by atoms with Crippen LogP contribution in [0.1, 0.15) is 25.7 Å². The first-order valence-electron chi connectivity index (χ1n) is 3.25. The van der Waals surface area contributed by atoms with Gasteiger partial charge in [0.05, 0.1) is 0 Å². The molecule has 8 heavy (non-hydrogen) atoms. The largest absolute Gasteiger partial charge is 0.130 e. The van der Waals surface area contributed by atoms with E-state index in [0.29, 0.717) is 20.7 Å². The van der Waals surface area contributed by atoms with Gasteiger partial charge in [-0.3, -0.25) is 0 Å². The number of hydrogen-bond donors (Lipinski definition) is 0. The van der Waals surface area contributed by atoms with Crippen LogP contribution in [0.3, 0.4) is 0 Å². The third-order valence-electron chi connectivity index (χ3n) is 1.70. The van der Waals surface area contributed by atoms with Crippen molar-refractivity contribution in [1.82, 2.24) is 0 Å². The maximum Gasteiger partial charge on any atom is -0.0171 e. The van der Waals surface area contributed by atoms with Gasteiger partial charge in [0.25, 0.3) is 0 Å². The summed E-state index contributed by atoms with van der Waals surface area (Å²) >= 11 is 0.469. The number of halogens is 1. The number of hydrogen-bond acceptors (Lipinski definition) is 0. The molecule has 0 saturated heterocycles. The Morgan fingerprint density at radius 2 is 2.00 bits per heavy atom. The van der Waals surface area contributed by atoms with Gasteiger partial charge in [-0.15, -0.1) is 20.7 Å². The summed E-state index contributed by atoms with van der Waals surface area (Å²) in [6.45, 7) is 0. The minimum Gasteiger partial charge on any atom is -0.130 e. The van der Waals surface area contributed by atoms with E-state index in [1.165, 1.54) is 25.7 Å². The van der Waals surface area contributed by atoms with Gasteiger partial charge in [-0.05, 0) is 23.7 Å². The molecular weight excluding hydrogens is 211 g/mol. The highest BCUT2D eigenvalue weighted by molar-refractivity contribution is 14.2. The molecule has 1 rings (SSSR count). The van der Waals surface area contributed by atoms with E-state index in [4.69, 9.17) is 0 Å². The molecule has 1 saturated carbocycles. The lowest BCUT2D eigenvalue weighted by Gasteiger charge is -1.95. The van der Waals surface area contributed by atoms with Crippen molar-refractivity contribution < 1.29 is 0 Å². The normalized spacial score (nSPS) is 24.1. The molecule has 0 bridgehead atoms. The molecule has 0 amide bonds. The van der Waals surface area contributed by atoms with Gasteiger partial charge in [-0.2, -0.15) is 0 Å². The average Bonchev–Trinajstić information content (AvgIpc) is 2.19. The highest BCUT2D eigenvalue weighted by Gasteiger charge is 2.10. The van der Waals surface area contributed by atoms with Gasteiger partial charge in [-0.1, -0.05) is 16.9 Å². The lowest BCUT2D eigenvalue weighted by molar-refractivity contribution is 0.754. The molecule has 48 valence electrons. The van der Waals surface area contributed by atoms with Crippen molar-refractivity contribution in [3.8, 4) is 0 Å². The maximum atomic E-state index is 2.58. The van der Waals surface area contributed by atoms with Gasteiger partial charge >= 0.3 is 0 Å². The molecule has 0 nitrogen and oxygen atoms in total. The Balaban J connectivity index is 2.24. The van der Waals surface area contributed by atoms with Crippen molar-refractivity contribution in [2.75, 3.05) is 4.93 Å². The van der Waals surface area contributed by atoms with E-state index in [0.717, 1.165) is 5.92 Å². The smallest absolute Gasteiger partial charge is 0.0171 e. The fourth-order valence-electron chi connectivity index (χ4n) is 1.26. The van der Waals surface area contributed by atoms with Crippen molar-refractivity contribution >= 4 is 24.7 Å². The summed E-state index contributed by atoms with van der Waals surface area (Å²) in [4.78, 5) is 2.34. The second-order valence-electron chi connectivity index (χ2n) is 2.39. The Morgan fingerprint density at radius 1 is 1.38 bits per heavy atom. The Labute approximate surface area is 61.4 Å². The summed E-state index contributed by atoms with van der Waals surface area (Å²) in [6, 6.07) is 0. The molecule has 0 aromatic rings. The van der Waals surface area contributed by atoms with Crippen LogP contribution in [-0.4, -0.2) is 8.94 Å². The fourth-order valence-corrected chi connectivity index (χ4v) is 3.00. The number of rotatable bonds is 1. The zero-order chi connectivity index (χ0) is 5.82.